The molecular weight excluding hydrogens is 438 g/mol. The largest absolute Gasteiger partial charge is 0.408 e. The van der Waals surface area contributed by atoms with Crippen molar-refractivity contribution in [1.82, 2.24) is 19.7 Å². The Bertz CT molecular complexity index is 1360. The highest BCUT2D eigenvalue weighted by Gasteiger charge is 2.19. The lowest BCUT2D eigenvalue weighted by atomic mass is 10.0. The van der Waals surface area contributed by atoms with Crippen molar-refractivity contribution in [3.8, 4) is 5.69 Å². The topological polar surface area (TPSA) is 103 Å². The third-order valence-electron chi connectivity index (χ3n) is 5.06. The summed E-state index contributed by atoms with van der Waals surface area (Å²) in [4.78, 5) is 30.8. The minimum Gasteiger partial charge on any atom is -0.408 e. The van der Waals surface area contributed by atoms with Gasteiger partial charge in [-0.2, -0.15) is 0 Å². The number of hydrogen-bond donors (Lipinski definition) is 1. The van der Waals surface area contributed by atoms with Crippen molar-refractivity contribution in [2.75, 3.05) is 11.1 Å². The highest BCUT2D eigenvalue weighted by Crippen LogP contribution is 2.27. The highest BCUT2D eigenvalue weighted by molar-refractivity contribution is 7.99. The van der Waals surface area contributed by atoms with Crippen molar-refractivity contribution in [2.45, 2.75) is 44.7 Å². The van der Waals surface area contributed by atoms with Crippen LogP contribution in [0.3, 0.4) is 0 Å². The summed E-state index contributed by atoms with van der Waals surface area (Å²) < 4.78 is 7.04. The molecule has 0 aliphatic carbocycles. The molecule has 0 bridgehead atoms. The normalized spacial score (nSPS) is 11.5. The number of nitrogens with zero attached hydrogens (tertiary/aromatic N) is 4. The number of carbonyl (C=O) groups is 1. The van der Waals surface area contributed by atoms with Gasteiger partial charge in [0.05, 0.1) is 22.3 Å². The van der Waals surface area contributed by atoms with E-state index in [0.29, 0.717) is 22.0 Å². The van der Waals surface area contributed by atoms with Crippen molar-refractivity contribution < 1.29 is 9.21 Å². The smallest absolute Gasteiger partial charge is 0.322 e. The molecule has 0 aliphatic rings. The van der Waals surface area contributed by atoms with E-state index in [-0.39, 0.29) is 35.1 Å². The molecule has 2 heterocycles. The van der Waals surface area contributed by atoms with Gasteiger partial charge in [0, 0.05) is 5.92 Å². The third kappa shape index (κ3) is 4.83. The predicted octanol–water partition coefficient (Wildman–Crippen LogP) is 4.75. The fraction of sp³-hybridized carbons (Fsp3) is 0.292. The predicted molar refractivity (Wildman–Crippen MR) is 129 cm³/mol. The Kier molecular flexibility index (Phi) is 6.60. The average molecular weight is 464 g/mol. The second-order valence-corrected chi connectivity index (χ2v) is 9.15. The molecule has 4 aromatic rings. The summed E-state index contributed by atoms with van der Waals surface area (Å²) in [5, 5.41) is 11.3. The molecule has 2 aromatic heterocycles. The fourth-order valence-electron chi connectivity index (χ4n) is 3.40. The van der Waals surface area contributed by atoms with E-state index in [0.717, 1.165) is 11.3 Å². The van der Waals surface area contributed by atoms with Crippen LogP contribution in [0.15, 0.2) is 62.9 Å². The van der Waals surface area contributed by atoms with Crippen LogP contribution in [-0.4, -0.2) is 31.4 Å². The molecule has 0 atom stereocenters. The van der Waals surface area contributed by atoms with Crippen LogP contribution < -0.4 is 10.9 Å². The average Bonchev–Trinajstić information content (AvgIpc) is 3.26. The zero-order valence-electron chi connectivity index (χ0n) is 18.9. The maximum absolute atomic E-state index is 13.5. The molecule has 170 valence electrons. The molecule has 1 amide bonds. The molecule has 0 saturated carbocycles. The summed E-state index contributed by atoms with van der Waals surface area (Å²) in [6.45, 7) is 8.01. The summed E-state index contributed by atoms with van der Waals surface area (Å²) in [6, 6.07) is 15.0. The van der Waals surface area contributed by atoms with Gasteiger partial charge in [0.15, 0.2) is 5.16 Å². The third-order valence-corrected chi connectivity index (χ3v) is 6.00. The zero-order valence-corrected chi connectivity index (χ0v) is 19.7. The SMILES string of the molecule is CC(C)c1nnc(NC(=O)CSc2nc3ccccc3c(=O)n2-c2ccccc2C(C)C)o1. The standard InChI is InChI=1S/C24H25N5O3S/c1-14(2)16-9-6-8-12-19(16)29-22(31)17-10-5-7-11-18(17)25-24(29)33-13-20(30)26-23-28-27-21(32-23)15(3)4/h5-12,14-15H,13H2,1-4H3,(H,26,28,30). The van der Waals surface area contributed by atoms with Crippen LogP contribution >= 0.6 is 11.8 Å². The first-order valence-corrected chi connectivity index (χ1v) is 11.7. The Morgan fingerprint density at radius 1 is 1.03 bits per heavy atom. The van der Waals surface area contributed by atoms with Gasteiger partial charge in [-0.25, -0.2) is 4.98 Å². The quantitative estimate of drug-likeness (QED) is 0.312. The number of carbonyl (C=O) groups excluding carboxylic acids is 1. The fourth-order valence-corrected chi connectivity index (χ4v) is 4.21. The van der Waals surface area contributed by atoms with Crippen molar-refractivity contribution in [3.05, 3.63) is 70.3 Å². The molecule has 0 spiro atoms. The van der Waals surface area contributed by atoms with Crippen LogP contribution in [0.4, 0.5) is 6.01 Å². The molecule has 0 fully saturated rings. The van der Waals surface area contributed by atoms with Crippen LogP contribution in [0.2, 0.25) is 0 Å². The first-order valence-electron chi connectivity index (χ1n) is 10.7. The van der Waals surface area contributed by atoms with Gasteiger partial charge in [0.1, 0.15) is 0 Å². The van der Waals surface area contributed by atoms with Gasteiger partial charge in [0.25, 0.3) is 5.56 Å². The summed E-state index contributed by atoms with van der Waals surface area (Å²) in [7, 11) is 0. The second-order valence-electron chi connectivity index (χ2n) is 8.20. The van der Waals surface area contributed by atoms with Crippen molar-refractivity contribution >= 4 is 34.6 Å². The molecule has 4 rings (SSSR count). The monoisotopic (exact) mass is 463 g/mol. The van der Waals surface area contributed by atoms with E-state index in [1.165, 1.54) is 11.8 Å². The van der Waals surface area contributed by atoms with E-state index < -0.39 is 0 Å². The number of benzene rings is 2. The Labute approximate surface area is 195 Å². The second kappa shape index (κ2) is 9.58. The Morgan fingerprint density at radius 3 is 2.48 bits per heavy atom. The van der Waals surface area contributed by atoms with Crippen molar-refractivity contribution in [2.24, 2.45) is 0 Å². The number of thioether (sulfide) groups is 1. The molecule has 1 N–H and O–H groups in total. The van der Waals surface area contributed by atoms with Crippen LogP contribution in [0.5, 0.6) is 0 Å². The molecule has 8 nitrogen and oxygen atoms in total. The van der Waals surface area contributed by atoms with E-state index in [1.54, 1.807) is 16.7 Å². The van der Waals surface area contributed by atoms with E-state index in [4.69, 9.17) is 9.40 Å². The van der Waals surface area contributed by atoms with Gasteiger partial charge < -0.3 is 4.42 Å². The number of nitrogens with one attached hydrogen (secondary N) is 1. The number of amides is 1. The number of aromatic nitrogens is 4. The van der Waals surface area contributed by atoms with Gasteiger partial charge in [0.2, 0.25) is 11.8 Å². The van der Waals surface area contributed by atoms with Crippen molar-refractivity contribution in [1.29, 1.82) is 0 Å². The summed E-state index contributed by atoms with van der Waals surface area (Å²) in [5.74, 6) is 0.412. The minimum absolute atomic E-state index is 0.0218. The first kappa shape index (κ1) is 22.7. The molecule has 9 heteroatoms. The van der Waals surface area contributed by atoms with Crippen LogP contribution in [0.25, 0.3) is 16.6 Å². The summed E-state index contributed by atoms with van der Waals surface area (Å²) in [6.07, 6.45) is 0. The molecule has 0 aliphatic heterocycles. The Balaban J connectivity index is 1.69. The van der Waals surface area contributed by atoms with Gasteiger partial charge in [-0.05, 0) is 29.7 Å². The van der Waals surface area contributed by atoms with Gasteiger partial charge in [-0.15, -0.1) is 5.10 Å². The summed E-state index contributed by atoms with van der Waals surface area (Å²) in [5.41, 5.74) is 2.20. The Morgan fingerprint density at radius 2 is 1.76 bits per heavy atom. The van der Waals surface area contributed by atoms with Crippen molar-refractivity contribution in [3.63, 3.8) is 0 Å². The van der Waals surface area contributed by atoms with E-state index in [1.807, 2.05) is 50.2 Å². The number of hydrogen-bond acceptors (Lipinski definition) is 7. The molecular formula is C24H25N5O3S. The van der Waals surface area contributed by atoms with Gasteiger partial charge in [-0.3, -0.25) is 19.5 Å². The molecule has 33 heavy (non-hydrogen) atoms. The van der Waals surface area contributed by atoms with E-state index >= 15 is 0 Å². The van der Waals surface area contributed by atoms with Gasteiger partial charge >= 0.3 is 6.01 Å². The maximum Gasteiger partial charge on any atom is 0.322 e. The lowest BCUT2D eigenvalue weighted by Gasteiger charge is -2.18. The maximum atomic E-state index is 13.5. The number of para-hydroxylation sites is 2. The minimum atomic E-state index is -0.329. The molecule has 0 radical (unpaired) electrons. The lowest BCUT2D eigenvalue weighted by molar-refractivity contribution is -0.113. The first-order chi connectivity index (χ1) is 15.8. The Hall–Kier alpha value is -3.46. The lowest BCUT2D eigenvalue weighted by Crippen LogP contribution is -2.24. The van der Waals surface area contributed by atoms with E-state index in [9.17, 15) is 9.59 Å². The number of fused-ring (bicyclic) bond motifs is 1. The molecule has 2 aromatic carbocycles. The summed E-state index contributed by atoms with van der Waals surface area (Å²) >= 11 is 1.18. The van der Waals surface area contributed by atoms with Crippen LogP contribution in [0, 0.1) is 0 Å². The number of anilines is 1. The zero-order chi connectivity index (χ0) is 23.5. The van der Waals surface area contributed by atoms with Crippen LogP contribution in [0.1, 0.15) is 51.0 Å². The number of rotatable bonds is 7. The molecule has 0 saturated heterocycles. The highest BCUT2D eigenvalue weighted by atomic mass is 32.2. The van der Waals surface area contributed by atoms with E-state index in [2.05, 4.69) is 29.4 Å². The van der Waals surface area contributed by atoms with Gasteiger partial charge in [-0.1, -0.05) is 74.9 Å². The molecule has 0 unspecified atom stereocenters. The van der Waals surface area contributed by atoms with Crippen LogP contribution in [-0.2, 0) is 4.79 Å².